The second-order valence-electron chi connectivity index (χ2n) is 7.07. The summed E-state index contributed by atoms with van der Waals surface area (Å²) in [7, 11) is 1.46. The standard InChI is InChI=1S/C23H18F2N2O4S2/c1-31-12-14-19-16(25)7-4-8-17(19)32-20(14)21(28)26-9-10-27-22(29)18(33-23(27)30)11-13-5-2-3-6-15(13)24/h2-8,11H,9-10,12H2,1H3,(H,26,28)/b18-11-. The average molecular weight is 489 g/mol. The van der Waals surface area contributed by atoms with Crippen LogP contribution in [0.4, 0.5) is 13.6 Å². The summed E-state index contributed by atoms with van der Waals surface area (Å²) < 4.78 is 33.9. The smallest absolute Gasteiger partial charge is 0.293 e. The molecule has 0 aliphatic carbocycles. The number of hydrogen-bond acceptors (Lipinski definition) is 6. The van der Waals surface area contributed by atoms with E-state index in [2.05, 4.69) is 5.32 Å². The van der Waals surface area contributed by atoms with Crippen LogP contribution in [0.1, 0.15) is 20.8 Å². The topological polar surface area (TPSA) is 75.7 Å². The SMILES string of the molecule is COCc1c(C(=O)NCCN2C(=O)S/C(=C\c3ccccc3F)C2=O)sc2cccc(F)c12. The summed E-state index contributed by atoms with van der Waals surface area (Å²) in [5, 5.41) is 2.53. The Balaban J connectivity index is 1.44. The number of ether oxygens (including phenoxy) is 1. The summed E-state index contributed by atoms with van der Waals surface area (Å²) in [5.74, 6) is -1.93. The number of thioether (sulfide) groups is 1. The molecule has 1 aromatic heterocycles. The van der Waals surface area contributed by atoms with Gasteiger partial charge in [-0.2, -0.15) is 0 Å². The molecule has 1 saturated heterocycles. The van der Waals surface area contributed by atoms with E-state index < -0.39 is 28.7 Å². The zero-order valence-corrected chi connectivity index (χ0v) is 19.0. The highest BCUT2D eigenvalue weighted by molar-refractivity contribution is 8.18. The van der Waals surface area contributed by atoms with Gasteiger partial charge in [-0.25, -0.2) is 8.78 Å². The van der Waals surface area contributed by atoms with E-state index in [4.69, 9.17) is 4.74 Å². The summed E-state index contributed by atoms with van der Waals surface area (Å²) in [6, 6.07) is 10.6. The second-order valence-corrected chi connectivity index (χ2v) is 9.11. The van der Waals surface area contributed by atoms with E-state index in [9.17, 15) is 23.2 Å². The Kier molecular flexibility index (Phi) is 6.87. The van der Waals surface area contributed by atoms with Crippen LogP contribution in [0, 0.1) is 11.6 Å². The lowest BCUT2D eigenvalue weighted by atomic mass is 10.1. The third kappa shape index (κ3) is 4.68. The van der Waals surface area contributed by atoms with E-state index in [0.717, 1.165) is 28.0 Å². The van der Waals surface area contributed by atoms with Gasteiger partial charge in [0.15, 0.2) is 0 Å². The van der Waals surface area contributed by atoms with Crippen LogP contribution in [0.5, 0.6) is 0 Å². The largest absolute Gasteiger partial charge is 0.380 e. The van der Waals surface area contributed by atoms with Crippen molar-refractivity contribution in [3.63, 3.8) is 0 Å². The van der Waals surface area contributed by atoms with E-state index in [1.165, 1.54) is 37.5 Å². The first kappa shape index (κ1) is 23.1. The Morgan fingerprint density at radius 1 is 1.12 bits per heavy atom. The van der Waals surface area contributed by atoms with Gasteiger partial charge < -0.3 is 10.1 Å². The van der Waals surface area contributed by atoms with Crippen molar-refractivity contribution < 1.29 is 27.9 Å². The van der Waals surface area contributed by atoms with Crippen LogP contribution in [0.25, 0.3) is 16.2 Å². The summed E-state index contributed by atoms with van der Waals surface area (Å²) in [4.78, 5) is 39.1. The molecular formula is C23H18F2N2O4S2. The molecule has 0 saturated carbocycles. The van der Waals surface area contributed by atoms with Crippen molar-refractivity contribution in [1.82, 2.24) is 10.2 Å². The molecule has 10 heteroatoms. The number of fused-ring (bicyclic) bond motifs is 1. The summed E-state index contributed by atoms with van der Waals surface area (Å²) in [5.41, 5.74) is 0.658. The van der Waals surface area contributed by atoms with E-state index in [0.29, 0.717) is 20.5 Å². The number of methoxy groups -OCH3 is 1. The minimum atomic E-state index is -0.550. The fraction of sp³-hybridized carbons (Fsp3) is 0.174. The number of nitrogens with one attached hydrogen (secondary N) is 1. The molecule has 1 aliphatic heterocycles. The van der Waals surface area contributed by atoms with Gasteiger partial charge in [-0.1, -0.05) is 24.3 Å². The second kappa shape index (κ2) is 9.82. The molecule has 0 atom stereocenters. The number of carbonyl (C=O) groups is 3. The molecule has 0 spiro atoms. The number of carbonyl (C=O) groups excluding carboxylic acids is 3. The lowest BCUT2D eigenvalue weighted by molar-refractivity contribution is -0.122. The van der Waals surface area contributed by atoms with Crippen molar-refractivity contribution in [3.05, 3.63) is 75.0 Å². The van der Waals surface area contributed by atoms with Crippen LogP contribution in [-0.2, 0) is 16.1 Å². The van der Waals surface area contributed by atoms with Crippen LogP contribution in [0.2, 0.25) is 0 Å². The monoisotopic (exact) mass is 488 g/mol. The highest BCUT2D eigenvalue weighted by Gasteiger charge is 2.35. The Hall–Kier alpha value is -3.08. The molecule has 1 N–H and O–H groups in total. The normalized spacial score (nSPS) is 15.1. The van der Waals surface area contributed by atoms with Crippen molar-refractivity contribution in [3.8, 4) is 0 Å². The minimum Gasteiger partial charge on any atom is -0.380 e. The molecule has 1 fully saturated rings. The fourth-order valence-corrected chi connectivity index (χ4v) is 5.41. The Morgan fingerprint density at radius 2 is 1.88 bits per heavy atom. The molecule has 170 valence electrons. The number of benzene rings is 2. The molecule has 3 aromatic rings. The molecule has 0 radical (unpaired) electrons. The predicted octanol–water partition coefficient (Wildman–Crippen LogP) is 4.79. The molecule has 0 unspecified atom stereocenters. The zero-order valence-electron chi connectivity index (χ0n) is 17.4. The molecule has 2 heterocycles. The third-order valence-electron chi connectivity index (χ3n) is 4.94. The first-order valence-corrected chi connectivity index (χ1v) is 11.5. The molecule has 6 nitrogen and oxygen atoms in total. The summed E-state index contributed by atoms with van der Waals surface area (Å²) in [6.45, 7) is 0.0184. The summed E-state index contributed by atoms with van der Waals surface area (Å²) in [6.07, 6.45) is 1.33. The fourth-order valence-electron chi connectivity index (χ4n) is 3.42. The number of nitrogens with zero attached hydrogens (tertiary/aromatic N) is 1. The lowest BCUT2D eigenvalue weighted by Crippen LogP contribution is -2.37. The van der Waals surface area contributed by atoms with Gasteiger partial charge in [-0.3, -0.25) is 19.3 Å². The van der Waals surface area contributed by atoms with Crippen molar-refractivity contribution in [2.75, 3.05) is 20.2 Å². The maximum Gasteiger partial charge on any atom is 0.293 e. The Bertz CT molecular complexity index is 1290. The van der Waals surface area contributed by atoms with Gasteiger partial charge in [0, 0.05) is 41.4 Å². The van der Waals surface area contributed by atoms with Crippen LogP contribution in [0.3, 0.4) is 0 Å². The lowest BCUT2D eigenvalue weighted by Gasteiger charge is -2.13. The number of halogens is 2. The Labute approximate surface area is 196 Å². The number of amides is 3. The van der Waals surface area contributed by atoms with Crippen LogP contribution >= 0.6 is 23.1 Å². The van der Waals surface area contributed by atoms with Crippen molar-refractivity contribution in [1.29, 1.82) is 0 Å². The van der Waals surface area contributed by atoms with Crippen LogP contribution in [0.15, 0.2) is 47.4 Å². The van der Waals surface area contributed by atoms with Crippen LogP contribution in [-0.4, -0.2) is 42.2 Å². The minimum absolute atomic E-state index is 0.00695. The van der Waals surface area contributed by atoms with Crippen molar-refractivity contribution in [2.24, 2.45) is 0 Å². The van der Waals surface area contributed by atoms with E-state index in [-0.39, 0.29) is 30.2 Å². The van der Waals surface area contributed by atoms with E-state index in [1.807, 2.05) is 0 Å². The molecule has 3 amide bonds. The summed E-state index contributed by atoms with van der Waals surface area (Å²) >= 11 is 1.86. The van der Waals surface area contributed by atoms with Crippen molar-refractivity contribution in [2.45, 2.75) is 6.61 Å². The van der Waals surface area contributed by atoms with Gasteiger partial charge in [0.05, 0.1) is 16.4 Å². The van der Waals surface area contributed by atoms with Gasteiger partial charge in [-0.05, 0) is 36.0 Å². The Morgan fingerprint density at radius 3 is 2.64 bits per heavy atom. The quantitative estimate of drug-likeness (QED) is 0.484. The predicted molar refractivity (Wildman–Crippen MR) is 124 cm³/mol. The van der Waals surface area contributed by atoms with Gasteiger partial charge in [0.2, 0.25) is 0 Å². The van der Waals surface area contributed by atoms with Gasteiger partial charge in [0.25, 0.3) is 17.1 Å². The molecule has 1 aliphatic rings. The van der Waals surface area contributed by atoms with Crippen molar-refractivity contribution >= 4 is 56.3 Å². The molecule has 0 bridgehead atoms. The van der Waals surface area contributed by atoms with Gasteiger partial charge in [-0.15, -0.1) is 11.3 Å². The third-order valence-corrected chi connectivity index (χ3v) is 7.05. The zero-order chi connectivity index (χ0) is 23.5. The molecule has 33 heavy (non-hydrogen) atoms. The first-order chi connectivity index (χ1) is 15.9. The number of hydrogen-bond donors (Lipinski definition) is 1. The van der Waals surface area contributed by atoms with Gasteiger partial charge >= 0.3 is 0 Å². The highest BCUT2D eigenvalue weighted by Crippen LogP contribution is 2.34. The maximum absolute atomic E-state index is 14.3. The highest BCUT2D eigenvalue weighted by atomic mass is 32.2. The maximum atomic E-state index is 14.3. The molecule has 4 rings (SSSR count). The average Bonchev–Trinajstić information content (AvgIpc) is 3.29. The first-order valence-electron chi connectivity index (χ1n) is 9.87. The molecular weight excluding hydrogens is 470 g/mol. The van der Waals surface area contributed by atoms with E-state index in [1.54, 1.807) is 18.2 Å². The van der Waals surface area contributed by atoms with Gasteiger partial charge in [0.1, 0.15) is 11.6 Å². The van der Waals surface area contributed by atoms with Crippen LogP contribution < -0.4 is 5.32 Å². The van der Waals surface area contributed by atoms with E-state index >= 15 is 0 Å². The number of thiophene rings is 1. The number of rotatable bonds is 7. The molecule has 2 aromatic carbocycles. The number of imide groups is 1.